The van der Waals surface area contributed by atoms with E-state index in [-0.39, 0.29) is 75.5 Å². The summed E-state index contributed by atoms with van der Waals surface area (Å²) in [6, 6.07) is 0. The number of rotatable bonds is 57. The van der Waals surface area contributed by atoms with E-state index in [1.807, 2.05) is 18.2 Å². The van der Waals surface area contributed by atoms with E-state index < -0.39 is 29.6 Å². The summed E-state index contributed by atoms with van der Waals surface area (Å²) < 4.78 is 0. The Morgan fingerprint density at radius 1 is 0.425 bits per heavy atom. The van der Waals surface area contributed by atoms with Gasteiger partial charge in [0.15, 0.2) is 0 Å². The predicted molar refractivity (Wildman–Crippen MR) is 334 cm³/mol. The van der Waals surface area contributed by atoms with Gasteiger partial charge >= 0.3 is 5.97 Å². The third-order valence-electron chi connectivity index (χ3n) is 17.1. The second-order valence-corrected chi connectivity index (χ2v) is 24.4. The Kier molecular flexibility index (Phi) is 46.3. The van der Waals surface area contributed by atoms with Crippen LogP contribution in [0.25, 0.3) is 0 Å². The van der Waals surface area contributed by atoms with Crippen molar-refractivity contribution in [2.24, 2.45) is 17.8 Å². The van der Waals surface area contributed by atoms with Crippen molar-refractivity contribution in [3.8, 4) is 0 Å². The van der Waals surface area contributed by atoms with Crippen LogP contribution in [-0.4, -0.2) is 81.5 Å². The van der Waals surface area contributed by atoms with Crippen LogP contribution in [0.1, 0.15) is 329 Å². The number of carboxylic acids is 1. The van der Waals surface area contributed by atoms with E-state index in [2.05, 4.69) is 39.0 Å². The molecule has 80 heavy (non-hydrogen) atoms. The molecule has 0 saturated carbocycles. The summed E-state index contributed by atoms with van der Waals surface area (Å²) in [6.07, 6.45) is 67.0. The summed E-state index contributed by atoms with van der Waals surface area (Å²) >= 11 is 0. The number of allylic oxidation sites excluding steroid dienone is 6. The summed E-state index contributed by atoms with van der Waals surface area (Å²) in [5, 5.41) is 9.97. The molecular formula is C70H123N3O7. The first-order valence-corrected chi connectivity index (χ1v) is 34.3. The van der Waals surface area contributed by atoms with Crippen molar-refractivity contribution in [2.45, 2.75) is 329 Å². The van der Waals surface area contributed by atoms with Crippen LogP contribution in [0.2, 0.25) is 0 Å². The van der Waals surface area contributed by atoms with E-state index in [0.29, 0.717) is 12.8 Å². The first kappa shape index (κ1) is 72.5. The number of hydrogen-bond acceptors (Lipinski definition) is 6. The lowest BCUT2D eigenvalue weighted by atomic mass is 9.98. The Morgan fingerprint density at radius 2 is 0.700 bits per heavy atom. The van der Waals surface area contributed by atoms with Gasteiger partial charge in [-0.2, -0.15) is 0 Å². The topological polar surface area (TPSA) is 132 Å². The van der Waals surface area contributed by atoms with Gasteiger partial charge in [0.05, 0.1) is 24.2 Å². The summed E-state index contributed by atoms with van der Waals surface area (Å²) in [5.41, 5.74) is 0. The van der Waals surface area contributed by atoms with Gasteiger partial charge in [0.2, 0.25) is 29.5 Å². The average molecular weight is 1120 g/mol. The maximum absolute atomic E-state index is 14.4. The first-order valence-electron chi connectivity index (χ1n) is 34.3. The quantitative estimate of drug-likeness (QED) is 0.0364. The molecule has 0 aromatic carbocycles. The van der Waals surface area contributed by atoms with Crippen LogP contribution in [0.3, 0.4) is 0 Å². The van der Waals surface area contributed by atoms with E-state index in [1.165, 1.54) is 239 Å². The van der Waals surface area contributed by atoms with Crippen LogP contribution < -0.4 is 0 Å². The molecule has 0 bridgehead atoms. The van der Waals surface area contributed by atoms with Gasteiger partial charge in [-0.3, -0.25) is 38.6 Å². The summed E-state index contributed by atoms with van der Waals surface area (Å²) in [4.78, 5) is 84.6. The lowest BCUT2D eigenvalue weighted by Crippen LogP contribution is -2.47. The average Bonchev–Trinajstić information content (AvgIpc) is 3.88. The lowest BCUT2D eigenvalue weighted by Gasteiger charge is -2.29. The molecule has 0 aliphatic carbocycles. The molecule has 2 aliphatic heterocycles. The molecule has 460 valence electrons. The molecule has 2 rings (SSSR count). The van der Waals surface area contributed by atoms with Gasteiger partial charge in [-0.05, 0) is 57.8 Å². The van der Waals surface area contributed by atoms with E-state index in [4.69, 9.17) is 0 Å². The normalized spacial score (nSPS) is 16.3. The maximum atomic E-state index is 14.4. The molecule has 2 heterocycles. The molecule has 0 radical (unpaired) electrons. The van der Waals surface area contributed by atoms with Crippen LogP contribution >= 0.6 is 0 Å². The van der Waals surface area contributed by atoms with Crippen molar-refractivity contribution >= 4 is 35.5 Å². The number of amides is 5. The molecule has 2 fully saturated rings. The smallest absolute Gasteiger partial charge is 0.304 e. The van der Waals surface area contributed by atoms with Crippen LogP contribution in [0, 0.1) is 17.8 Å². The van der Waals surface area contributed by atoms with Gasteiger partial charge in [0.25, 0.3) is 0 Å². The highest BCUT2D eigenvalue weighted by Crippen LogP contribution is 2.27. The minimum Gasteiger partial charge on any atom is -0.481 e. The lowest BCUT2D eigenvalue weighted by molar-refractivity contribution is -0.146. The predicted octanol–water partition coefficient (Wildman–Crippen LogP) is 18.9. The number of carbonyl (C=O) groups is 6. The molecule has 1 N–H and O–H groups in total. The van der Waals surface area contributed by atoms with Crippen molar-refractivity contribution in [1.82, 2.24) is 14.7 Å². The molecule has 10 nitrogen and oxygen atoms in total. The van der Waals surface area contributed by atoms with E-state index in [9.17, 15) is 33.9 Å². The zero-order valence-corrected chi connectivity index (χ0v) is 52.2. The van der Waals surface area contributed by atoms with Crippen LogP contribution in [0.15, 0.2) is 36.5 Å². The monoisotopic (exact) mass is 1120 g/mol. The molecule has 10 heteroatoms. The molecule has 0 aromatic heterocycles. The van der Waals surface area contributed by atoms with Crippen molar-refractivity contribution in [3.05, 3.63) is 36.5 Å². The van der Waals surface area contributed by atoms with Gasteiger partial charge in [-0.25, -0.2) is 0 Å². The largest absolute Gasteiger partial charge is 0.481 e. The van der Waals surface area contributed by atoms with Crippen LogP contribution in [0.4, 0.5) is 0 Å². The van der Waals surface area contributed by atoms with Crippen LogP contribution in [-0.2, 0) is 28.8 Å². The van der Waals surface area contributed by atoms with Gasteiger partial charge in [0.1, 0.15) is 0 Å². The number of imide groups is 2. The highest BCUT2D eigenvalue weighted by atomic mass is 16.4. The fourth-order valence-corrected chi connectivity index (χ4v) is 11.8. The van der Waals surface area contributed by atoms with Gasteiger partial charge in [-0.1, -0.05) is 288 Å². The van der Waals surface area contributed by atoms with Crippen LogP contribution in [0.5, 0.6) is 0 Å². The molecular weight excluding hydrogens is 995 g/mol. The number of carbonyl (C=O) groups excluding carboxylic acids is 5. The van der Waals surface area contributed by atoms with Gasteiger partial charge in [0, 0.05) is 39.0 Å². The molecule has 2 saturated heterocycles. The Balaban J connectivity index is 1.91. The molecule has 0 aromatic rings. The van der Waals surface area contributed by atoms with E-state index in [1.54, 1.807) is 0 Å². The van der Waals surface area contributed by atoms with Crippen molar-refractivity contribution in [1.29, 1.82) is 0 Å². The molecule has 0 spiro atoms. The van der Waals surface area contributed by atoms with E-state index in [0.717, 1.165) is 44.9 Å². The third kappa shape index (κ3) is 36.8. The number of aliphatic carboxylic acids is 1. The SMILES string of the molecule is CCCCCCCCCCCCCCC/C=C/CC(CC(=O)O)C(=O)N(CCN1C(=O)CC(C/C=C/CCCCCCCCCCCCCCC)C1=O)CCN1C(=O)CC(C/C=C/CCCCCCCCCCCCCCC)C1=O. The number of unbranched alkanes of at least 4 members (excludes halogenated alkanes) is 39. The summed E-state index contributed by atoms with van der Waals surface area (Å²) in [6.45, 7) is 6.74. The number of carboxylic acid groups (broad SMARTS) is 1. The minimum atomic E-state index is -1.09. The number of nitrogens with zero attached hydrogens (tertiary/aromatic N) is 3. The second kappa shape index (κ2) is 51.1. The standard InChI is InChI=1S/C70H123N3O7/c1-4-7-10-13-16-19-22-25-28-31-34-37-40-43-46-49-52-62-59-65(74)72(69(62)79)57-55-71(68(78)64(61-67(76)77)54-51-48-45-42-39-36-33-30-27-24-21-18-15-12-9-6-3)56-58-73-66(75)60-63(70(73)80)53-50-47-44-41-38-35-32-29-26-23-20-17-14-11-8-5-2/h46-51,62-64H,4-45,52-61H2,1-3H3,(H,76,77)/b49-46+,50-47+,51-48+. The Hall–Kier alpha value is -3.56. The molecule has 5 amide bonds. The third-order valence-corrected chi connectivity index (χ3v) is 17.1. The Labute approximate surface area is 491 Å². The highest BCUT2D eigenvalue weighted by Gasteiger charge is 2.40. The fraction of sp³-hybridized carbons (Fsp3) is 0.829. The Bertz CT molecular complexity index is 1610. The van der Waals surface area contributed by atoms with Gasteiger partial charge < -0.3 is 10.0 Å². The minimum absolute atomic E-state index is 0.00169. The second-order valence-electron chi connectivity index (χ2n) is 24.4. The van der Waals surface area contributed by atoms with Gasteiger partial charge in [-0.15, -0.1) is 0 Å². The van der Waals surface area contributed by atoms with Crippen molar-refractivity contribution in [2.75, 3.05) is 26.2 Å². The Morgan fingerprint density at radius 3 is 0.988 bits per heavy atom. The van der Waals surface area contributed by atoms with Crippen molar-refractivity contribution < 1.29 is 33.9 Å². The molecule has 3 unspecified atom stereocenters. The number of hydrogen-bond donors (Lipinski definition) is 1. The number of likely N-dealkylation sites (tertiary alicyclic amines) is 2. The molecule has 2 aliphatic rings. The summed E-state index contributed by atoms with van der Waals surface area (Å²) in [7, 11) is 0. The maximum Gasteiger partial charge on any atom is 0.304 e. The van der Waals surface area contributed by atoms with Crippen molar-refractivity contribution in [3.63, 3.8) is 0 Å². The highest BCUT2D eigenvalue weighted by molar-refractivity contribution is 6.04. The zero-order chi connectivity index (χ0) is 57.9. The fourth-order valence-electron chi connectivity index (χ4n) is 11.8. The van der Waals surface area contributed by atoms with E-state index >= 15 is 0 Å². The zero-order valence-electron chi connectivity index (χ0n) is 52.2. The first-order chi connectivity index (χ1) is 39.1. The summed E-state index contributed by atoms with van der Waals surface area (Å²) in [5.74, 6) is -4.30. The molecule has 3 atom stereocenters.